The second-order valence-electron chi connectivity index (χ2n) is 6.33. The van der Waals surface area contributed by atoms with Gasteiger partial charge in [0.05, 0.1) is 21.6 Å². The van der Waals surface area contributed by atoms with Crippen molar-refractivity contribution < 1.29 is 4.79 Å². The van der Waals surface area contributed by atoms with Crippen molar-refractivity contribution in [2.45, 2.75) is 0 Å². The van der Waals surface area contributed by atoms with Crippen LogP contribution in [0.3, 0.4) is 0 Å². The predicted molar refractivity (Wildman–Crippen MR) is 112 cm³/mol. The average molecular weight is 407 g/mol. The number of hydrogen-bond donors (Lipinski definition) is 1. The number of amides is 1. The van der Waals surface area contributed by atoms with Gasteiger partial charge < -0.3 is 4.98 Å². The zero-order valence-electron chi connectivity index (χ0n) is 15.3. The Hall–Kier alpha value is -3.71. The largest absolute Gasteiger partial charge is 0.333 e. The molecule has 144 valence electrons. The van der Waals surface area contributed by atoms with E-state index in [2.05, 4.69) is 9.97 Å². The Morgan fingerprint density at radius 1 is 1.07 bits per heavy atom. The third-order valence-electron chi connectivity index (χ3n) is 4.54. The van der Waals surface area contributed by atoms with E-state index in [1.165, 1.54) is 23.1 Å². The summed E-state index contributed by atoms with van der Waals surface area (Å²) in [5, 5.41) is 0.510. The molecule has 0 atom stereocenters. The van der Waals surface area contributed by atoms with Crippen LogP contribution in [-0.4, -0.2) is 27.5 Å². The van der Waals surface area contributed by atoms with Crippen LogP contribution in [0.5, 0.6) is 0 Å². The lowest BCUT2D eigenvalue weighted by molar-refractivity contribution is 0.0992. The maximum Gasteiger partial charge on any atom is 0.333 e. The molecule has 7 nitrogen and oxygen atoms in total. The fourth-order valence-corrected chi connectivity index (χ4v) is 3.25. The Bertz CT molecular complexity index is 1350. The Balaban J connectivity index is 1.85. The molecule has 0 aliphatic rings. The van der Waals surface area contributed by atoms with Crippen LogP contribution >= 0.6 is 11.6 Å². The van der Waals surface area contributed by atoms with Crippen LogP contribution in [0.15, 0.2) is 76.4 Å². The maximum atomic E-state index is 12.9. The molecule has 0 aliphatic heterocycles. The van der Waals surface area contributed by atoms with E-state index in [0.29, 0.717) is 16.7 Å². The normalized spacial score (nSPS) is 10.8. The summed E-state index contributed by atoms with van der Waals surface area (Å²) in [5.41, 5.74) is -0.342. The number of fused-ring (bicyclic) bond motifs is 1. The summed E-state index contributed by atoms with van der Waals surface area (Å²) >= 11 is 6.28. The first-order chi connectivity index (χ1) is 14.0. The van der Waals surface area contributed by atoms with Crippen molar-refractivity contribution >= 4 is 34.2 Å². The van der Waals surface area contributed by atoms with Crippen LogP contribution in [0.4, 0.5) is 5.82 Å². The lowest BCUT2D eigenvalue weighted by atomic mass is 10.1. The van der Waals surface area contributed by atoms with E-state index >= 15 is 0 Å². The van der Waals surface area contributed by atoms with E-state index < -0.39 is 11.2 Å². The molecular formula is C21H15ClN4O3. The molecule has 2 heterocycles. The lowest BCUT2D eigenvalue weighted by Crippen LogP contribution is -2.34. The standard InChI is InChI=1S/C21H15ClN4O3/c1-25(18-8-4-5-11-23-18)19(27)13-9-10-15(22)17(12-13)26-20(28)14-6-2-3-7-16(14)24-21(26)29/h2-12H,1H3,(H,24,29). The van der Waals surface area contributed by atoms with Crippen molar-refractivity contribution in [3.05, 3.63) is 98.3 Å². The molecule has 4 aromatic rings. The fraction of sp³-hybridized carbons (Fsp3) is 0.0476. The highest BCUT2D eigenvalue weighted by atomic mass is 35.5. The topological polar surface area (TPSA) is 88.1 Å². The number of nitrogens with zero attached hydrogens (tertiary/aromatic N) is 3. The molecule has 0 saturated carbocycles. The Kier molecular flexibility index (Phi) is 4.74. The van der Waals surface area contributed by atoms with Crippen molar-refractivity contribution in [3.63, 3.8) is 0 Å². The maximum absolute atomic E-state index is 12.9. The van der Waals surface area contributed by atoms with Gasteiger partial charge >= 0.3 is 5.69 Å². The zero-order chi connectivity index (χ0) is 20.5. The van der Waals surface area contributed by atoms with Gasteiger partial charge in [-0.25, -0.2) is 14.3 Å². The molecule has 4 rings (SSSR count). The van der Waals surface area contributed by atoms with Gasteiger partial charge in [-0.3, -0.25) is 14.5 Å². The molecule has 0 bridgehead atoms. The van der Waals surface area contributed by atoms with Gasteiger partial charge in [0.2, 0.25) is 0 Å². The first kappa shape index (κ1) is 18.6. The van der Waals surface area contributed by atoms with Gasteiger partial charge in [0.25, 0.3) is 11.5 Å². The summed E-state index contributed by atoms with van der Waals surface area (Å²) in [4.78, 5) is 46.6. The van der Waals surface area contributed by atoms with E-state index in [1.807, 2.05) is 0 Å². The number of halogens is 1. The van der Waals surface area contributed by atoms with Crippen molar-refractivity contribution in [3.8, 4) is 5.69 Å². The number of anilines is 1. The fourth-order valence-electron chi connectivity index (χ4n) is 3.05. The summed E-state index contributed by atoms with van der Waals surface area (Å²) in [5.74, 6) is 0.113. The van der Waals surface area contributed by atoms with Gasteiger partial charge in [-0.2, -0.15) is 0 Å². The molecule has 29 heavy (non-hydrogen) atoms. The molecule has 2 aromatic carbocycles. The molecule has 0 aliphatic carbocycles. The van der Waals surface area contributed by atoms with E-state index in [1.54, 1.807) is 55.7 Å². The van der Waals surface area contributed by atoms with Crippen LogP contribution in [0, 0.1) is 0 Å². The molecule has 0 spiro atoms. The second-order valence-corrected chi connectivity index (χ2v) is 6.74. The van der Waals surface area contributed by atoms with Crippen LogP contribution < -0.4 is 16.1 Å². The number of rotatable bonds is 3. The number of carbonyl (C=O) groups is 1. The van der Waals surface area contributed by atoms with Crippen molar-refractivity contribution in [1.29, 1.82) is 0 Å². The van der Waals surface area contributed by atoms with Gasteiger partial charge in [0, 0.05) is 18.8 Å². The summed E-state index contributed by atoms with van der Waals surface area (Å²) in [6.45, 7) is 0. The highest BCUT2D eigenvalue weighted by molar-refractivity contribution is 6.32. The summed E-state index contributed by atoms with van der Waals surface area (Å²) in [6.07, 6.45) is 1.58. The molecule has 0 saturated heterocycles. The van der Waals surface area contributed by atoms with Gasteiger partial charge in [0.15, 0.2) is 0 Å². The molecule has 0 fully saturated rings. The minimum absolute atomic E-state index is 0.129. The van der Waals surface area contributed by atoms with E-state index in [0.717, 1.165) is 4.57 Å². The second kappa shape index (κ2) is 7.37. The van der Waals surface area contributed by atoms with Gasteiger partial charge in [-0.15, -0.1) is 0 Å². The number of hydrogen-bond acceptors (Lipinski definition) is 4. The minimum atomic E-state index is -0.640. The number of aromatic amines is 1. The SMILES string of the molecule is CN(C(=O)c1ccc(Cl)c(-n2c(=O)[nH]c3ccccc3c2=O)c1)c1ccccn1. The molecule has 1 amide bonds. The van der Waals surface area contributed by atoms with Crippen molar-refractivity contribution in [2.24, 2.45) is 0 Å². The Labute approximate surface area is 169 Å². The predicted octanol–water partition coefficient (Wildman–Crippen LogP) is 3.00. The lowest BCUT2D eigenvalue weighted by Gasteiger charge is -2.17. The van der Waals surface area contributed by atoms with Gasteiger partial charge in [-0.05, 0) is 42.5 Å². The molecule has 2 aromatic heterocycles. The minimum Gasteiger partial charge on any atom is -0.306 e. The molecular weight excluding hydrogens is 392 g/mol. The van der Waals surface area contributed by atoms with Gasteiger partial charge in [0.1, 0.15) is 5.82 Å². The molecule has 8 heteroatoms. The number of para-hydroxylation sites is 1. The number of nitrogens with one attached hydrogen (secondary N) is 1. The monoisotopic (exact) mass is 406 g/mol. The smallest absolute Gasteiger partial charge is 0.306 e. The van der Waals surface area contributed by atoms with Gasteiger partial charge in [-0.1, -0.05) is 29.8 Å². The zero-order valence-corrected chi connectivity index (χ0v) is 16.1. The van der Waals surface area contributed by atoms with Crippen LogP contribution in [0.2, 0.25) is 5.02 Å². The van der Waals surface area contributed by atoms with E-state index in [-0.39, 0.29) is 22.2 Å². The molecule has 0 unspecified atom stereocenters. The number of benzene rings is 2. The van der Waals surface area contributed by atoms with Crippen LogP contribution in [-0.2, 0) is 0 Å². The number of H-pyrrole nitrogens is 1. The Morgan fingerprint density at radius 3 is 2.59 bits per heavy atom. The van der Waals surface area contributed by atoms with E-state index in [4.69, 9.17) is 11.6 Å². The first-order valence-electron chi connectivity index (χ1n) is 8.70. The number of pyridine rings is 1. The van der Waals surface area contributed by atoms with Crippen LogP contribution in [0.25, 0.3) is 16.6 Å². The molecule has 0 radical (unpaired) electrons. The summed E-state index contributed by atoms with van der Waals surface area (Å²) < 4.78 is 0.933. The van der Waals surface area contributed by atoms with Crippen molar-refractivity contribution in [2.75, 3.05) is 11.9 Å². The highest BCUT2D eigenvalue weighted by Gasteiger charge is 2.18. The Morgan fingerprint density at radius 2 is 1.83 bits per heavy atom. The first-order valence-corrected chi connectivity index (χ1v) is 9.08. The average Bonchev–Trinajstić information content (AvgIpc) is 2.74. The third-order valence-corrected chi connectivity index (χ3v) is 4.86. The highest BCUT2D eigenvalue weighted by Crippen LogP contribution is 2.22. The van der Waals surface area contributed by atoms with Crippen molar-refractivity contribution in [1.82, 2.24) is 14.5 Å². The summed E-state index contributed by atoms with van der Waals surface area (Å²) in [7, 11) is 1.59. The number of aromatic nitrogens is 3. The molecule has 1 N–H and O–H groups in total. The van der Waals surface area contributed by atoms with E-state index in [9.17, 15) is 14.4 Å². The summed E-state index contributed by atoms with van der Waals surface area (Å²) in [6, 6.07) is 16.4. The third kappa shape index (κ3) is 3.32. The number of carbonyl (C=O) groups excluding carboxylic acids is 1. The van der Waals surface area contributed by atoms with Crippen LogP contribution in [0.1, 0.15) is 10.4 Å². The quantitative estimate of drug-likeness (QED) is 0.566.